The maximum Gasteiger partial charge on any atom is 0.471 e. The summed E-state index contributed by atoms with van der Waals surface area (Å²) in [4.78, 5) is 22.4. The molecule has 5 nitrogen and oxygen atoms in total. The number of carbonyl (C=O) groups excluding carboxylic acids is 2. The minimum Gasteiger partial charge on any atom is -0.318 e. The molecule has 0 aliphatic carbocycles. The summed E-state index contributed by atoms with van der Waals surface area (Å²) in [6.07, 6.45) is -1.75. The van der Waals surface area contributed by atoms with Crippen LogP contribution < -0.4 is 10.7 Å². The van der Waals surface area contributed by atoms with Gasteiger partial charge >= 0.3 is 12.1 Å². The molecule has 0 aromatic heterocycles. The van der Waals surface area contributed by atoms with E-state index in [0.717, 1.165) is 19.3 Å². The standard InChI is InChI=1S/C16H20F3N3O2/c1-3-4-5-6-14(23)22-21-11(2)12-7-9-13(10-8-12)20-15(24)16(17,18)19/h7-10H,3-6H2,1-2H3,(H,20,24)(H,22,23). The van der Waals surface area contributed by atoms with Gasteiger partial charge in [0, 0.05) is 12.1 Å². The first-order valence-corrected chi connectivity index (χ1v) is 7.55. The monoisotopic (exact) mass is 343 g/mol. The topological polar surface area (TPSA) is 70.6 Å². The lowest BCUT2D eigenvalue weighted by Crippen LogP contribution is -2.29. The maximum absolute atomic E-state index is 12.2. The molecule has 0 atom stereocenters. The van der Waals surface area contributed by atoms with Crippen molar-refractivity contribution in [3.8, 4) is 0 Å². The Labute approximate surface area is 138 Å². The average molecular weight is 343 g/mol. The predicted octanol–water partition coefficient (Wildman–Crippen LogP) is 3.61. The summed E-state index contributed by atoms with van der Waals surface area (Å²) in [6.45, 7) is 3.70. The number of alkyl halides is 3. The quantitative estimate of drug-likeness (QED) is 0.451. The van der Waals surface area contributed by atoms with E-state index in [-0.39, 0.29) is 11.6 Å². The number of benzene rings is 1. The van der Waals surface area contributed by atoms with Gasteiger partial charge < -0.3 is 5.32 Å². The summed E-state index contributed by atoms with van der Waals surface area (Å²) in [7, 11) is 0. The van der Waals surface area contributed by atoms with Crippen LogP contribution in [-0.4, -0.2) is 23.7 Å². The van der Waals surface area contributed by atoms with Gasteiger partial charge in [0.1, 0.15) is 0 Å². The van der Waals surface area contributed by atoms with E-state index < -0.39 is 12.1 Å². The van der Waals surface area contributed by atoms with Crippen LogP contribution in [0, 0.1) is 0 Å². The Morgan fingerprint density at radius 1 is 1.12 bits per heavy atom. The second-order valence-corrected chi connectivity index (χ2v) is 5.22. The molecule has 1 aromatic rings. The van der Waals surface area contributed by atoms with Gasteiger partial charge in [-0.2, -0.15) is 18.3 Å². The molecule has 0 spiro atoms. The molecule has 2 amide bonds. The van der Waals surface area contributed by atoms with Crippen molar-refractivity contribution in [2.75, 3.05) is 5.32 Å². The number of nitrogens with one attached hydrogen (secondary N) is 2. The maximum atomic E-state index is 12.2. The van der Waals surface area contributed by atoms with Gasteiger partial charge in [0.05, 0.1) is 5.71 Å². The van der Waals surface area contributed by atoms with Crippen molar-refractivity contribution < 1.29 is 22.8 Å². The largest absolute Gasteiger partial charge is 0.471 e. The van der Waals surface area contributed by atoms with E-state index in [0.29, 0.717) is 17.7 Å². The summed E-state index contributed by atoms with van der Waals surface area (Å²) < 4.78 is 36.5. The molecule has 8 heteroatoms. The van der Waals surface area contributed by atoms with Gasteiger partial charge in [0.15, 0.2) is 0 Å². The Hall–Kier alpha value is -2.38. The number of halogens is 3. The Kier molecular flexibility index (Phi) is 7.41. The zero-order valence-corrected chi connectivity index (χ0v) is 13.5. The Bertz CT molecular complexity index is 596. The fourth-order valence-corrected chi connectivity index (χ4v) is 1.80. The van der Waals surface area contributed by atoms with Crippen LogP contribution in [0.25, 0.3) is 0 Å². The molecular weight excluding hydrogens is 323 g/mol. The minimum atomic E-state index is -4.93. The number of nitrogens with zero attached hydrogens (tertiary/aromatic N) is 1. The highest BCUT2D eigenvalue weighted by Gasteiger charge is 2.38. The second-order valence-electron chi connectivity index (χ2n) is 5.22. The van der Waals surface area contributed by atoms with Gasteiger partial charge in [-0.3, -0.25) is 9.59 Å². The highest BCUT2D eigenvalue weighted by atomic mass is 19.4. The van der Waals surface area contributed by atoms with Crippen molar-refractivity contribution in [2.45, 2.75) is 45.7 Å². The lowest BCUT2D eigenvalue weighted by molar-refractivity contribution is -0.167. The molecule has 0 saturated heterocycles. The highest BCUT2D eigenvalue weighted by Crippen LogP contribution is 2.18. The fraction of sp³-hybridized carbons (Fsp3) is 0.438. The summed E-state index contributed by atoms with van der Waals surface area (Å²) in [6, 6.07) is 5.68. The summed E-state index contributed by atoms with van der Waals surface area (Å²) >= 11 is 0. The molecule has 132 valence electrons. The van der Waals surface area contributed by atoms with E-state index in [1.807, 2.05) is 6.92 Å². The lowest BCUT2D eigenvalue weighted by Gasteiger charge is -2.08. The molecule has 0 saturated carbocycles. The van der Waals surface area contributed by atoms with Crippen molar-refractivity contribution in [2.24, 2.45) is 5.10 Å². The number of hydrogen-bond acceptors (Lipinski definition) is 3. The molecular formula is C16H20F3N3O2. The van der Waals surface area contributed by atoms with Crippen LogP contribution in [-0.2, 0) is 9.59 Å². The first-order valence-electron chi connectivity index (χ1n) is 7.55. The summed E-state index contributed by atoms with van der Waals surface area (Å²) in [5, 5.41) is 5.71. The second kappa shape index (κ2) is 9.05. The van der Waals surface area contributed by atoms with E-state index in [1.54, 1.807) is 12.2 Å². The van der Waals surface area contributed by atoms with Gasteiger partial charge in [0.2, 0.25) is 5.91 Å². The van der Waals surface area contributed by atoms with Crippen molar-refractivity contribution in [1.29, 1.82) is 0 Å². The Balaban J connectivity index is 2.60. The molecule has 0 heterocycles. The van der Waals surface area contributed by atoms with Crippen LogP contribution in [0.4, 0.5) is 18.9 Å². The van der Waals surface area contributed by atoms with Gasteiger partial charge in [-0.25, -0.2) is 5.43 Å². The van der Waals surface area contributed by atoms with E-state index >= 15 is 0 Å². The molecule has 0 aliphatic rings. The Morgan fingerprint density at radius 3 is 2.29 bits per heavy atom. The van der Waals surface area contributed by atoms with Crippen LogP contribution >= 0.6 is 0 Å². The molecule has 0 fully saturated rings. The van der Waals surface area contributed by atoms with Crippen molar-refractivity contribution >= 4 is 23.2 Å². The fourth-order valence-electron chi connectivity index (χ4n) is 1.80. The van der Waals surface area contributed by atoms with Crippen LogP contribution in [0.3, 0.4) is 0 Å². The molecule has 1 aromatic carbocycles. The molecule has 0 aliphatic heterocycles. The Morgan fingerprint density at radius 2 is 1.75 bits per heavy atom. The zero-order valence-electron chi connectivity index (χ0n) is 13.5. The number of anilines is 1. The number of amides is 2. The van der Waals surface area contributed by atoms with E-state index in [9.17, 15) is 22.8 Å². The highest BCUT2D eigenvalue weighted by molar-refractivity contribution is 6.00. The minimum absolute atomic E-state index is 0.0254. The molecule has 0 radical (unpaired) electrons. The number of rotatable bonds is 7. The third-order valence-electron chi connectivity index (χ3n) is 3.17. The SMILES string of the molecule is CCCCCC(=O)NN=C(C)c1ccc(NC(=O)C(F)(F)F)cc1. The van der Waals surface area contributed by atoms with Gasteiger partial charge in [-0.05, 0) is 31.0 Å². The van der Waals surface area contributed by atoms with Crippen molar-refractivity contribution in [1.82, 2.24) is 5.43 Å². The number of hydrogen-bond donors (Lipinski definition) is 2. The first-order chi connectivity index (χ1) is 11.2. The lowest BCUT2D eigenvalue weighted by atomic mass is 10.1. The van der Waals surface area contributed by atoms with E-state index in [2.05, 4.69) is 10.5 Å². The number of unbranched alkanes of at least 4 members (excludes halogenated alkanes) is 2. The molecule has 1 rings (SSSR count). The van der Waals surface area contributed by atoms with Crippen LogP contribution in [0.1, 0.15) is 45.1 Å². The summed E-state index contributed by atoms with van der Waals surface area (Å²) in [5.74, 6) is -2.21. The normalized spacial score (nSPS) is 12.0. The molecule has 0 unspecified atom stereocenters. The predicted molar refractivity (Wildman–Crippen MR) is 85.6 cm³/mol. The third kappa shape index (κ3) is 6.80. The van der Waals surface area contributed by atoms with Crippen LogP contribution in [0.15, 0.2) is 29.4 Å². The average Bonchev–Trinajstić information content (AvgIpc) is 2.52. The third-order valence-corrected chi connectivity index (χ3v) is 3.17. The van der Waals surface area contributed by atoms with Crippen LogP contribution in [0.5, 0.6) is 0 Å². The van der Waals surface area contributed by atoms with Gasteiger partial charge in [-0.15, -0.1) is 0 Å². The molecule has 24 heavy (non-hydrogen) atoms. The zero-order chi connectivity index (χ0) is 18.2. The van der Waals surface area contributed by atoms with Crippen molar-refractivity contribution in [3.63, 3.8) is 0 Å². The number of carbonyl (C=O) groups is 2. The number of hydrazone groups is 1. The van der Waals surface area contributed by atoms with E-state index in [4.69, 9.17) is 0 Å². The van der Waals surface area contributed by atoms with E-state index in [1.165, 1.54) is 24.3 Å². The molecule has 0 bridgehead atoms. The van der Waals surface area contributed by atoms with Crippen molar-refractivity contribution in [3.05, 3.63) is 29.8 Å². The van der Waals surface area contributed by atoms with Gasteiger partial charge in [-0.1, -0.05) is 31.9 Å². The van der Waals surface area contributed by atoms with Crippen LogP contribution in [0.2, 0.25) is 0 Å². The van der Waals surface area contributed by atoms with Gasteiger partial charge in [0.25, 0.3) is 0 Å². The molecule has 2 N–H and O–H groups in total. The smallest absolute Gasteiger partial charge is 0.318 e. The first kappa shape index (κ1) is 19.7. The summed E-state index contributed by atoms with van der Waals surface area (Å²) in [5.41, 5.74) is 3.59.